The molecule has 1 aliphatic rings. The standard InChI is InChI=1S/C24H24N4O4S2/c1-24(2,30)17-11-20(33-13-17)34(31,32)28-23(29)27-21-18-5-3-4-14(18)6-7-19(21)16-10-15-8-9-25-22(15)26-12-16/h6-13,30H,3-5H2,1-2H3,(H,25,26)(H2,27,28,29). The van der Waals surface area contributed by atoms with Crippen LogP contribution in [0.2, 0.25) is 0 Å². The number of pyridine rings is 1. The van der Waals surface area contributed by atoms with E-state index in [4.69, 9.17) is 0 Å². The van der Waals surface area contributed by atoms with Crippen molar-refractivity contribution in [1.82, 2.24) is 14.7 Å². The van der Waals surface area contributed by atoms with Gasteiger partial charge in [-0.2, -0.15) is 0 Å². The number of H-pyrrole nitrogens is 1. The molecule has 0 radical (unpaired) electrons. The maximum absolute atomic E-state index is 12.9. The van der Waals surface area contributed by atoms with Gasteiger partial charge in [0.15, 0.2) is 0 Å². The first kappa shape index (κ1) is 22.6. The van der Waals surface area contributed by atoms with Crippen LogP contribution < -0.4 is 10.0 Å². The molecule has 8 nitrogen and oxygen atoms in total. The summed E-state index contributed by atoms with van der Waals surface area (Å²) in [5, 5.41) is 15.4. The average molecular weight is 497 g/mol. The Morgan fingerprint density at radius 1 is 1.21 bits per heavy atom. The number of nitrogens with one attached hydrogen (secondary N) is 3. The predicted octanol–water partition coefficient (Wildman–Crippen LogP) is 4.52. The number of carbonyl (C=O) groups is 1. The predicted molar refractivity (Wildman–Crippen MR) is 132 cm³/mol. The minimum atomic E-state index is -4.10. The number of rotatable bonds is 5. The highest BCUT2D eigenvalue weighted by Gasteiger charge is 2.26. The molecule has 34 heavy (non-hydrogen) atoms. The lowest BCUT2D eigenvalue weighted by Gasteiger charge is -2.17. The van der Waals surface area contributed by atoms with Crippen molar-refractivity contribution in [2.24, 2.45) is 0 Å². The number of anilines is 1. The van der Waals surface area contributed by atoms with Crippen LogP contribution in [0.3, 0.4) is 0 Å². The van der Waals surface area contributed by atoms with Crippen LogP contribution in [0.1, 0.15) is 37.0 Å². The smallest absolute Gasteiger partial charge is 0.333 e. The minimum Gasteiger partial charge on any atom is -0.386 e. The lowest BCUT2D eigenvalue weighted by Crippen LogP contribution is -2.34. The van der Waals surface area contributed by atoms with Crippen molar-refractivity contribution in [2.75, 3.05) is 5.32 Å². The molecule has 3 heterocycles. The van der Waals surface area contributed by atoms with E-state index in [-0.39, 0.29) is 4.21 Å². The van der Waals surface area contributed by atoms with Gasteiger partial charge in [0.2, 0.25) is 0 Å². The lowest BCUT2D eigenvalue weighted by atomic mass is 9.98. The number of aromatic nitrogens is 2. The Morgan fingerprint density at radius 3 is 2.79 bits per heavy atom. The Bertz CT molecular complexity index is 1510. The van der Waals surface area contributed by atoms with Crippen LogP contribution in [0.15, 0.2) is 52.3 Å². The molecular formula is C24H24N4O4S2. The summed E-state index contributed by atoms with van der Waals surface area (Å²) < 4.78 is 27.7. The van der Waals surface area contributed by atoms with Gasteiger partial charge in [0.1, 0.15) is 9.86 Å². The normalized spacial score (nSPS) is 13.7. The largest absolute Gasteiger partial charge is 0.386 e. The molecule has 3 aromatic heterocycles. The van der Waals surface area contributed by atoms with Gasteiger partial charge in [0, 0.05) is 28.9 Å². The summed E-state index contributed by atoms with van der Waals surface area (Å²) in [6.45, 7) is 3.14. The number of thiophene rings is 1. The summed E-state index contributed by atoms with van der Waals surface area (Å²) in [6, 6.07) is 8.45. The number of carbonyl (C=O) groups excluding carboxylic acids is 1. The van der Waals surface area contributed by atoms with Crippen LogP contribution in [0.25, 0.3) is 22.2 Å². The molecule has 0 saturated heterocycles. The molecule has 0 bridgehead atoms. The van der Waals surface area contributed by atoms with Gasteiger partial charge in [0.25, 0.3) is 10.0 Å². The Kier molecular flexibility index (Phi) is 5.46. The van der Waals surface area contributed by atoms with Crippen LogP contribution in [0, 0.1) is 0 Å². The van der Waals surface area contributed by atoms with Crippen molar-refractivity contribution in [2.45, 2.75) is 42.9 Å². The van der Waals surface area contributed by atoms with Crippen molar-refractivity contribution >= 4 is 44.1 Å². The fourth-order valence-electron chi connectivity index (χ4n) is 4.23. The third-order valence-corrected chi connectivity index (χ3v) is 8.78. The zero-order chi connectivity index (χ0) is 24.1. The lowest BCUT2D eigenvalue weighted by molar-refractivity contribution is 0.0789. The molecule has 4 aromatic rings. The Balaban J connectivity index is 1.46. The molecule has 2 amide bonds. The van der Waals surface area contributed by atoms with E-state index < -0.39 is 21.7 Å². The molecule has 0 atom stereocenters. The van der Waals surface area contributed by atoms with Gasteiger partial charge in [0.05, 0.1) is 11.3 Å². The van der Waals surface area contributed by atoms with Gasteiger partial charge in [-0.1, -0.05) is 12.1 Å². The number of hydrogen-bond donors (Lipinski definition) is 4. The third-order valence-electron chi connectivity index (χ3n) is 6.01. The Morgan fingerprint density at radius 2 is 2.03 bits per heavy atom. The zero-order valence-corrected chi connectivity index (χ0v) is 20.3. The van der Waals surface area contributed by atoms with E-state index in [9.17, 15) is 18.3 Å². The van der Waals surface area contributed by atoms with Crippen molar-refractivity contribution < 1.29 is 18.3 Å². The molecule has 0 fully saturated rings. The summed E-state index contributed by atoms with van der Waals surface area (Å²) in [6.07, 6.45) is 6.23. The van der Waals surface area contributed by atoms with Crippen molar-refractivity contribution in [3.63, 3.8) is 0 Å². The first-order valence-corrected chi connectivity index (χ1v) is 13.2. The number of amides is 2. The summed E-state index contributed by atoms with van der Waals surface area (Å²) in [4.78, 5) is 20.4. The summed E-state index contributed by atoms with van der Waals surface area (Å²) in [7, 11) is -4.10. The summed E-state index contributed by atoms with van der Waals surface area (Å²) >= 11 is 0.952. The maximum Gasteiger partial charge on any atom is 0.333 e. The number of benzene rings is 1. The number of aliphatic hydroxyl groups is 1. The Labute approximate surface area is 201 Å². The topological polar surface area (TPSA) is 124 Å². The van der Waals surface area contributed by atoms with E-state index in [0.717, 1.165) is 63.9 Å². The number of aryl methyl sites for hydroxylation is 1. The number of hydrogen-bond acceptors (Lipinski definition) is 6. The SMILES string of the molecule is CC(C)(O)c1csc(S(=O)(=O)NC(=O)Nc2c(-c3cnc4[nH]ccc4c3)ccc3c2CCC3)c1. The number of sulfonamides is 1. The highest BCUT2D eigenvalue weighted by molar-refractivity contribution is 7.92. The average Bonchev–Trinajstić information content (AvgIpc) is 3.52. The molecule has 176 valence electrons. The van der Waals surface area contributed by atoms with Crippen LogP contribution in [0.5, 0.6) is 0 Å². The van der Waals surface area contributed by atoms with E-state index in [1.54, 1.807) is 25.4 Å². The molecule has 0 saturated carbocycles. The fourth-order valence-corrected chi connectivity index (χ4v) is 6.47. The van der Waals surface area contributed by atoms with Gasteiger partial charge < -0.3 is 15.4 Å². The fraction of sp³-hybridized carbons (Fsp3) is 0.250. The zero-order valence-electron chi connectivity index (χ0n) is 18.7. The second kappa shape index (κ2) is 8.23. The molecule has 4 N–H and O–H groups in total. The quantitative estimate of drug-likeness (QED) is 0.323. The van der Waals surface area contributed by atoms with E-state index in [0.29, 0.717) is 11.3 Å². The number of fused-ring (bicyclic) bond motifs is 2. The molecule has 1 aromatic carbocycles. The second-order valence-corrected chi connectivity index (χ2v) is 11.7. The van der Waals surface area contributed by atoms with Crippen LogP contribution in [0.4, 0.5) is 10.5 Å². The van der Waals surface area contributed by atoms with Gasteiger partial charge in [-0.15, -0.1) is 11.3 Å². The molecule has 1 aliphatic carbocycles. The van der Waals surface area contributed by atoms with Crippen LogP contribution in [-0.4, -0.2) is 29.5 Å². The molecule has 0 aliphatic heterocycles. The summed E-state index contributed by atoms with van der Waals surface area (Å²) in [5.74, 6) is 0. The highest BCUT2D eigenvalue weighted by atomic mass is 32.2. The van der Waals surface area contributed by atoms with Gasteiger partial charge in [-0.05, 0) is 73.4 Å². The van der Waals surface area contributed by atoms with Crippen molar-refractivity contribution in [1.29, 1.82) is 0 Å². The molecule has 10 heteroatoms. The van der Waals surface area contributed by atoms with E-state index in [1.807, 2.05) is 24.4 Å². The second-order valence-electron chi connectivity index (χ2n) is 8.89. The highest BCUT2D eigenvalue weighted by Crippen LogP contribution is 2.38. The van der Waals surface area contributed by atoms with Gasteiger partial charge in [-0.25, -0.2) is 22.9 Å². The molecular weight excluding hydrogens is 472 g/mol. The number of nitrogens with zero attached hydrogens (tertiary/aromatic N) is 1. The number of urea groups is 1. The first-order chi connectivity index (χ1) is 16.1. The van der Waals surface area contributed by atoms with E-state index in [1.165, 1.54) is 6.07 Å². The molecule has 5 rings (SSSR count). The molecule has 0 unspecified atom stereocenters. The maximum atomic E-state index is 12.9. The summed E-state index contributed by atoms with van der Waals surface area (Å²) in [5.41, 5.74) is 4.42. The van der Waals surface area contributed by atoms with E-state index >= 15 is 0 Å². The number of aromatic amines is 1. The first-order valence-electron chi connectivity index (χ1n) is 10.9. The van der Waals surface area contributed by atoms with Crippen molar-refractivity contribution in [3.05, 3.63) is 64.8 Å². The monoisotopic (exact) mass is 496 g/mol. The van der Waals surface area contributed by atoms with Gasteiger partial charge in [-0.3, -0.25) is 0 Å². The minimum absolute atomic E-state index is 0.0413. The Hall–Kier alpha value is -3.21. The van der Waals surface area contributed by atoms with E-state index in [2.05, 4.69) is 26.1 Å². The molecule has 0 spiro atoms. The van der Waals surface area contributed by atoms with Crippen LogP contribution >= 0.6 is 11.3 Å². The van der Waals surface area contributed by atoms with Crippen molar-refractivity contribution in [3.8, 4) is 11.1 Å². The van der Waals surface area contributed by atoms with Crippen LogP contribution in [-0.2, 0) is 28.5 Å². The van der Waals surface area contributed by atoms with Gasteiger partial charge >= 0.3 is 6.03 Å². The third kappa shape index (κ3) is 4.20.